The molecule has 0 atom stereocenters. The van der Waals surface area contributed by atoms with Gasteiger partial charge in [0, 0.05) is 10.7 Å². The first kappa shape index (κ1) is 30.3. The summed E-state index contributed by atoms with van der Waals surface area (Å²) in [5.74, 6) is -0.120. The van der Waals surface area contributed by atoms with Crippen molar-refractivity contribution < 1.29 is 23.9 Å². The van der Waals surface area contributed by atoms with E-state index in [-0.39, 0.29) is 24.0 Å². The van der Waals surface area contributed by atoms with Gasteiger partial charge in [0.2, 0.25) is 0 Å². The Bertz CT molecular complexity index is 1530. The van der Waals surface area contributed by atoms with Crippen LogP contribution in [0, 0.1) is 6.92 Å². The summed E-state index contributed by atoms with van der Waals surface area (Å²) in [6.07, 6.45) is 1.60. The number of hydrogen-bond acceptors (Lipinski definition) is 6. The van der Waals surface area contributed by atoms with E-state index in [1.807, 2.05) is 19.9 Å². The maximum atomic E-state index is 13.0. The number of ether oxygens (including phenoxy) is 2. The van der Waals surface area contributed by atoms with Crippen molar-refractivity contribution in [3.05, 3.63) is 89.7 Å². The number of nitrogens with zero attached hydrogens (tertiary/aromatic N) is 1. The van der Waals surface area contributed by atoms with Gasteiger partial charge in [-0.1, -0.05) is 46.9 Å². The van der Waals surface area contributed by atoms with Crippen LogP contribution in [0.2, 0.25) is 15.1 Å². The molecule has 3 aromatic rings. The van der Waals surface area contributed by atoms with Crippen LogP contribution in [0.25, 0.3) is 6.08 Å². The summed E-state index contributed by atoms with van der Waals surface area (Å²) in [6, 6.07) is 13.6. The number of hydrogen-bond donors (Lipinski definition) is 1. The second-order valence-electron chi connectivity index (χ2n) is 8.58. The molecule has 12 heteroatoms. The average Bonchev–Trinajstić information content (AvgIpc) is 3.15. The van der Waals surface area contributed by atoms with Crippen molar-refractivity contribution in [1.82, 2.24) is 4.90 Å². The zero-order valence-corrected chi connectivity index (χ0v) is 25.9. The minimum Gasteiger partial charge on any atom is -0.490 e. The molecule has 0 radical (unpaired) electrons. The summed E-state index contributed by atoms with van der Waals surface area (Å²) in [7, 11) is 0. The SMILES string of the molecule is CCOc1cc(/C=C2\SC(=O)N(Cc3ccc(Cl)c(Cl)c3)C2=O)cc(Br)c1OCC(=O)Nc1ccc(C)c(Cl)c1. The summed E-state index contributed by atoms with van der Waals surface area (Å²) in [4.78, 5) is 39.5. The standard InChI is InChI=1S/C28H22BrCl3N2O5S/c1-3-38-23-10-17(8-19(29)26(23)39-14-25(35)33-18-6-4-15(2)21(31)12-18)11-24-27(36)34(28(37)40-24)13-16-5-7-20(30)22(32)9-16/h4-12H,3,13-14H2,1-2H3,(H,33,35)/b24-11-. The third kappa shape index (κ3) is 7.33. The average molecular weight is 685 g/mol. The second-order valence-corrected chi connectivity index (χ2v) is 11.6. The van der Waals surface area contributed by atoms with Gasteiger partial charge in [-0.3, -0.25) is 19.3 Å². The molecule has 40 heavy (non-hydrogen) atoms. The zero-order chi connectivity index (χ0) is 29.0. The lowest BCUT2D eigenvalue weighted by Gasteiger charge is -2.15. The third-order valence-corrected chi connectivity index (χ3v) is 8.27. The van der Waals surface area contributed by atoms with Gasteiger partial charge in [0.1, 0.15) is 0 Å². The number of carbonyl (C=O) groups is 3. The minimum atomic E-state index is -0.427. The van der Waals surface area contributed by atoms with Gasteiger partial charge in [-0.25, -0.2) is 0 Å². The number of imide groups is 1. The van der Waals surface area contributed by atoms with Gasteiger partial charge in [0.05, 0.1) is 32.6 Å². The summed E-state index contributed by atoms with van der Waals surface area (Å²) in [5.41, 5.74) is 2.73. The van der Waals surface area contributed by atoms with Crippen LogP contribution in [0.5, 0.6) is 11.5 Å². The van der Waals surface area contributed by atoms with Crippen molar-refractivity contribution in [3.8, 4) is 11.5 Å². The molecule has 1 aliphatic rings. The van der Waals surface area contributed by atoms with Crippen molar-refractivity contribution >= 4 is 91.3 Å². The molecule has 3 amide bonds. The maximum Gasteiger partial charge on any atom is 0.293 e. The van der Waals surface area contributed by atoms with Crippen LogP contribution in [-0.4, -0.2) is 35.2 Å². The first-order valence-electron chi connectivity index (χ1n) is 11.9. The number of nitrogens with one attached hydrogen (secondary N) is 1. The van der Waals surface area contributed by atoms with E-state index in [2.05, 4.69) is 21.2 Å². The topological polar surface area (TPSA) is 84.9 Å². The minimum absolute atomic E-state index is 0.0659. The molecule has 208 valence electrons. The predicted octanol–water partition coefficient (Wildman–Crippen LogP) is 8.37. The van der Waals surface area contributed by atoms with Crippen LogP contribution in [0.15, 0.2) is 57.9 Å². The van der Waals surface area contributed by atoms with Crippen LogP contribution >= 0.6 is 62.5 Å². The van der Waals surface area contributed by atoms with Crippen molar-refractivity contribution in [2.45, 2.75) is 20.4 Å². The Kier molecular flexibility index (Phi) is 10.1. The normalized spacial score (nSPS) is 14.2. The number of carbonyl (C=O) groups excluding carboxylic acids is 3. The van der Waals surface area contributed by atoms with Gasteiger partial charge in [-0.15, -0.1) is 0 Å². The molecule has 0 spiro atoms. The Morgan fingerprint density at radius 3 is 2.50 bits per heavy atom. The molecule has 0 saturated carbocycles. The van der Waals surface area contributed by atoms with E-state index >= 15 is 0 Å². The second kappa shape index (κ2) is 13.3. The molecule has 1 aliphatic heterocycles. The van der Waals surface area contributed by atoms with Crippen LogP contribution in [-0.2, 0) is 16.1 Å². The van der Waals surface area contributed by atoms with Crippen LogP contribution in [0.3, 0.4) is 0 Å². The Balaban J connectivity index is 1.48. The maximum absolute atomic E-state index is 13.0. The molecule has 0 aromatic heterocycles. The van der Waals surface area contributed by atoms with Crippen molar-refractivity contribution in [1.29, 1.82) is 0 Å². The highest BCUT2D eigenvalue weighted by molar-refractivity contribution is 9.10. The molecule has 1 saturated heterocycles. The van der Waals surface area contributed by atoms with Gasteiger partial charge in [0.25, 0.3) is 17.1 Å². The zero-order valence-electron chi connectivity index (χ0n) is 21.2. The van der Waals surface area contributed by atoms with E-state index < -0.39 is 11.1 Å². The molecule has 3 aromatic carbocycles. The number of amides is 3. The number of aryl methyl sites for hydroxylation is 1. The van der Waals surface area contributed by atoms with Crippen molar-refractivity contribution in [2.75, 3.05) is 18.5 Å². The first-order valence-corrected chi connectivity index (χ1v) is 14.6. The van der Waals surface area contributed by atoms with Crippen LogP contribution < -0.4 is 14.8 Å². The molecular formula is C28H22BrCl3N2O5S. The lowest BCUT2D eigenvalue weighted by Crippen LogP contribution is -2.27. The van der Waals surface area contributed by atoms with E-state index in [0.717, 1.165) is 22.2 Å². The molecule has 4 rings (SSSR count). The summed E-state index contributed by atoms with van der Waals surface area (Å²) in [6.45, 7) is 3.80. The Hall–Kier alpha value is -2.69. The number of rotatable bonds is 9. The molecule has 1 heterocycles. The smallest absolute Gasteiger partial charge is 0.293 e. The first-order chi connectivity index (χ1) is 19.0. The highest BCUT2D eigenvalue weighted by atomic mass is 79.9. The fourth-order valence-electron chi connectivity index (χ4n) is 3.69. The van der Waals surface area contributed by atoms with Gasteiger partial charge in [-0.2, -0.15) is 0 Å². The summed E-state index contributed by atoms with van der Waals surface area (Å²) >= 11 is 22.5. The van der Waals surface area contributed by atoms with E-state index in [9.17, 15) is 14.4 Å². The van der Waals surface area contributed by atoms with Crippen LogP contribution in [0.1, 0.15) is 23.6 Å². The highest BCUT2D eigenvalue weighted by Crippen LogP contribution is 2.40. The molecule has 0 unspecified atom stereocenters. The molecule has 1 fully saturated rings. The highest BCUT2D eigenvalue weighted by Gasteiger charge is 2.35. The molecule has 0 aliphatic carbocycles. The fourth-order valence-corrected chi connectivity index (χ4v) is 5.60. The fraction of sp³-hybridized carbons (Fsp3) is 0.179. The molecular weight excluding hydrogens is 663 g/mol. The Labute approximate surface area is 258 Å². The van der Waals surface area contributed by atoms with E-state index in [4.69, 9.17) is 44.3 Å². The number of halogens is 4. The van der Waals surface area contributed by atoms with Gasteiger partial charge < -0.3 is 14.8 Å². The molecule has 7 nitrogen and oxygen atoms in total. The van der Waals surface area contributed by atoms with Crippen molar-refractivity contribution in [3.63, 3.8) is 0 Å². The van der Waals surface area contributed by atoms with Gasteiger partial charge in [-0.05, 0) is 101 Å². The number of benzene rings is 3. The van der Waals surface area contributed by atoms with E-state index in [0.29, 0.717) is 54.5 Å². The Morgan fingerprint density at radius 2 is 1.80 bits per heavy atom. The van der Waals surface area contributed by atoms with Gasteiger partial charge >= 0.3 is 0 Å². The third-order valence-electron chi connectivity index (χ3n) is 5.63. The Morgan fingerprint density at radius 1 is 1.02 bits per heavy atom. The quantitative estimate of drug-likeness (QED) is 0.228. The number of anilines is 1. The van der Waals surface area contributed by atoms with E-state index in [1.54, 1.807) is 48.5 Å². The van der Waals surface area contributed by atoms with Gasteiger partial charge in [0.15, 0.2) is 18.1 Å². The number of thioether (sulfide) groups is 1. The predicted molar refractivity (Wildman–Crippen MR) is 164 cm³/mol. The van der Waals surface area contributed by atoms with Crippen molar-refractivity contribution in [2.24, 2.45) is 0 Å². The lowest BCUT2D eigenvalue weighted by molar-refractivity contribution is -0.123. The van der Waals surface area contributed by atoms with Crippen LogP contribution in [0.4, 0.5) is 10.5 Å². The lowest BCUT2D eigenvalue weighted by atomic mass is 10.1. The molecule has 0 bridgehead atoms. The summed E-state index contributed by atoms with van der Waals surface area (Å²) in [5, 5.41) is 3.62. The monoisotopic (exact) mass is 682 g/mol. The largest absolute Gasteiger partial charge is 0.490 e. The summed E-state index contributed by atoms with van der Waals surface area (Å²) < 4.78 is 12.0. The van der Waals surface area contributed by atoms with E-state index in [1.165, 1.54) is 0 Å². The molecule has 1 N–H and O–H groups in total.